The lowest BCUT2D eigenvalue weighted by atomic mass is 9.92. The normalized spacial score (nSPS) is 16.3. The number of anilines is 1. The standard InChI is InChI=1S/C22H26FN5/c1-15(2)11-28-13-22(23,14-28)16(3)26-21-8-19-7-17(5-6-18(19)9-24-21)20-10-25-27(4)12-20/h5-10,12,15H,3,11,13-14H2,1-2,4H3,(H,24,26). The summed E-state index contributed by atoms with van der Waals surface area (Å²) < 4.78 is 16.8. The summed E-state index contributed by atoms with van der Waals surface area (Å²) in [6.45, 7) is 9.90. The van der Waals surface area contributed by atoms with Crippen molar-refractivity contribution in [1.29, 1.82) is 0 Å². The van der Waals surface area contributed by atoms with Gasteiger partial charge < -0.3 is 5.32 Å². The lowest BCUT2D eigenvalue weighted by Gasteiger charge is -2.46. The minimum atomic E-state index is -1.40. The van der Waals surface area contributed by atoms with Gasteiger partial charge in [-0.2, -0.15) is 5.10 Å². The summed E-state index contributed by atoms with van der Waals surface area (Å²) >= 11 is 0. The van der Waals surface area contributed by atoms with Crippen molar-refractivity contribution < 1.29 is 4.39 Å². The van der Waals surface area contributed by atoms with Gasteiger partial charge in [-0.05, 0) is 29.0 Å². The SMILES string of the molecule is C=C(Nc1cc2cc(-c3cnn(C)c3)ccc2cn1)C1(F)CN(CC(C)C)C1. The van der Waals surface area contributed by atoms with E-state index >= 15 is 4.39 Å². The number of likely N-dealkylation sites (tertiary alicyclic amines) is 1. The summed E-state index contributed by atoms with van der Waals surface area (Å²) in [5.41, 5.74) is 1.12. The van der Waals surface area contributed by atoms with Crippen LogP contribution < -0.4 is 5.32 Å². The van der Waals surface area contributed by atoms with Crippen LogP contribution in [0.15, 0.2) is 55.1 Å². The maximum absolute atomic E-state index is 15.0. The van der Waals surface area contributed by atoms with Crippen LogP contribution in [0.25, 0.3) is 21.9 Å². The number of nitrogens with zero attached hydrogens (tertiary/aromatic N) is 4. The van der Waals surface area contributed by atoms with E-state index in [2.05, 4.69) is 52.9 Å². The Labute approximate surface area is 164 Å². The van der Waals surface area contributed by atoms with Crippen molar-refractivity contribution >= 4 is 16.6 Å². The molecule has 1 aliphatic rings. The summed E-state index contributed by atoms with van der Waals surface area (Å²) in [7, 11) is 1.90. The highest BCUT2D eigenvalue weighted by atomic mass is 19.1. The fourth-order valence-electron chi connectivity index (χ4n) is 3.72. The Morgan fingerprint density at radius 3 is 2.68 bits per heavy atom. The number of aromatic nitrogens is 3. The van der Waals surface area contributed by atoms with E-state index < -0.39 is 5.67 Å². The fraction of sp³-hybridized carbons (Fsp3) is 0.364. The van der Waals surface area contributed by atoms with Gasteiger partial charge in [0, 0.05) is 55.7 Å². The maximum Gasteiger partial charge on any atom is 0.175 e. The van der Waals surface area contributed by atoms with Crippen LogP contribution in [0.3, 0.4) is 0 Å². The van der Waals surface area contributed by atoms with Crippen LogP contribution in [0, 0.1) is 5.92 Å². The quantitative estimate of drug-likeness (QED) is 0.696. The van der Waals surface area contributed by atoms with E-state index in [0.717, 1.165) is 28.4 Å². The number of rotatable bonds is 6. The summed E-state index contributed by atoms with van der Waals surface area (Å²) in [6.07, 6.45) is 5.63. The van der Waals surface area contributed by atoms with E-state index in [1.165, 1.54) is 0 Å². The van der Waals surface area contributed by atoms with Crippen LogP contribution in [0.1, 0.15) is 13.8 Å². The molecule has 0 aliphatic carbocycles. The summed E-state index contributed by atoms with van der Waals surface area (Å²) in [5.74, 6) is 1.14. The molecule has 5 nitrogen and oxygen atoms in total. The average Bonchev–Trinajstić information content (AvgIpc) is 3.05. The van der Waals surface area contributed by atoms with Gasteiger partial charge in [-0.1, -0.05) is 32.6 Å². The molecule has 1 aromatic carbocycles. The molecule has 28 heavy (non-hydrogen) atoms. The zero-order valence-electron chi connectivity index (χ0n) is 16.6. The van der Waals surface area contributed by atoms with Crippen LogP contribution in [0.4, 0.5) is 10.2 Å². The van der Waals surface area contributed by atoms with Crippen molar-refractivity contribution in [3.63, 3.8) is 0 Å². The third-order valence-electron chi connectivity index (χ3n) is 5.15. The number of nitrogens with one attached hydrogen (secondary N) is 1. The molecule has 1 saturated heterocycles. The second-order valence-electron chi connectivity index (χ2n) is 8.17. The Morgan fingerprint density at radius 2 is 2.00 bits per heavy atom. The molecule has 1 fully saturated rings. The highest BCUT2D eigenvalue weighted by Gasteiger charge is 2.46. The molecule has 0 atom stereocenters. The van der Waals surface area contributed by atoms with Gasteiger partial charge in [0.2, 0.25) is 0 Å². The van der Waals surface area contributed by atoms with Gasteiger partial charge in [0.1, 0.15) is 5.82 Å². The molecule has 2 aromatic heterocycles. The summed E-state index contributed by atoms with van der Waals surface area (Å²) in [6, 6.07) is 8.13. The minimum Gasteiger partial charge on any atom is -0.341 e. The third-order valence-corrected chi connectivity index (χ3v) is 5.15. The molecule has 1 N–H and O–H groups in total. The average molecular weight is 379 g/mol. The number of fused-ring (bicyclic) bond motifs is 1. The molecule has 4 rings (SSSR count). The zero-order chi connectivity index (χ0) is 19.9. The predicted octanol–water partition coefficient (Wildman–Crippen LogP) is 4.24. The van der Waals surface area contributed by atoms with Crippen molar-refractivity contribution in [3.8, 4) is 11.1 Å². The molecule has 0 bridgehead atoms. The van der Waals surface area contributed by atoms with Crippen molar-refractivity contribution in [1.82, 2.24) is 19.7 Å². The van der Waals surface area contributed by atoms with Gasteiger partial charge in [-0.15, -0.1) is 0 Å². The highest BCUT2D eigenvalue weighted by Crippen LogP contribution is 2.33. The number of benzene rings is 1. The zero-order valence-corrected chi connectivity index (χ0v) is 16.6. The van der Waals surface area contributed by atoms with Gasteiger partial charge in [-0.25, -0.2) is 9.37 Å². The lowest BCUT2D eigenvalue weighted by Crippen LogP contribution is -2.61. The molecule has 0 unspecified atom stereocenters. The van der Waals surface area contributed by atoms with E-state index in [0.29, 0.717) is 30.5 Å². The maximum atomic E-state index is 15.0. The molecule has 1 aliphatic heterocycles. The molecule has 0 saturated carbocycles. The first-order valence-electron chi connectivity index (χ1n) is 9.59. The lowest BCUT2D eigenvalue weighted by molar-refractivity contribution is -0.00886. The number of halogens is 1. The first kappa shape index (κ1) is 18.6. The van der Waals surface area contributed by atoms with Crippen molar-refractivity contribution in [3.05, 3.63) is 55.1 Å². The molecular weight excluding hydrogens is 353 g/mol. The van der Waals surface area contributed by atoms with Gasteiger partial charge in [0.25, 0.3) is 0 Å². The van der Waals surface area contributed by atoms with Crippen LogP contribution in [0.2, 0.25) is 0 Å². The molecule has 0 amide bonds. The number of aryl methyl sites for hydroxylation is 1. The summed E-state index contributed by atoms with van der Waals surface area (Å²) in [4.78, 5) is 6.54. The number of hydrogen-bond donors (Lipinski definition) is 1. The highest BCUT2D eigenvalue weighted by molar-refractivity contribution is 5.88. The number of hydrogen-bond acceptors (Lipinski definition) is 4. The Kier molecular flexibility index (Phi) is 4.67. The Hall–Kier alpha value is -2.73. The van der Waals surface area contributed by atoms with Crippen molar-refractivity contribution in [2.75, 3.05) is 25.0 Å². The summed E-state index contributed by atoms with van der Waals surface area (Å²) in [5, 5.41) is 9.39. The molecular formula is C22H26FN5. The predicted molar refractivity (Wildman–Crippen MR) is 112 cm³/mol. The first-order valence-corrected chi connectivity index (χ1v) is 9.59. The molecule has 0 radical (unpaired) electrons. The number of pyridine rings is 1. The van der Waals surface area contributed by atoms with E-state index in [4.69, 9.17) is 0 Å². The largest absolute Gasteiger partial charge is 0.341 e. The van der Waals surface area contributed by atoms with E-state index in [1.807, 2.05) is 31.6 Å². The monoisotopic (exact) mass is 379 g/mol. The van der Waals surface area contributed by atoms with Gasteiger partial charge in [0.05, 0.1) is 6.20 Å². The molecule has 6 heteroatoms. The van der Waals surface area contributed by atoms with E-state index in [1.54, 1.807) is 10.9 Å². The molecule has 3 heterocycles. The van der Waals surface area contributed by atoms with Crippen molar-refractivity contribution in [2.45, 2.75) is 19.5 Å². The van der Waals surface area contributed by atoms with Crippen molar-refractivity contribution in [2.24, 2.45) is 13.0 Å². The Balaban J connectivity index is 1.50. The van der Waals surface area contributed by atoms with E-state index in [-0.39, 0.29) is 0 Å². The topological polar surface area (TPSA) is 46.0 Å². The number of alkyl halides is 1. The van der Waals surface area contributed by atoms with Crippen LogP contribution in [-0.4, -0.2) is 45.0 Å². The minimum absolute atomic E-state index is 0.378. The fourth-order valence-corrected chi connectivity index (χ4v) is 3.72. The first-order chi connectivity index (χ1) is 13.3. The Bertz CT molecular complexity index is 1020. The second kappa shape index (κ2) is 7.02. The third kappa shape index (κ3) is 3.64. The van der Waals surface area contributed by atoms with Crippen LogP contribution >= 0.6 is 0 Å². The van der Waals surface area contributed by atoms with Gasteiger partial charge in [0.15, 0.2) is 5.67 Å². The second-order valence-corrected chi connectivity index (χ2v) is 8.17. The molecule has 146 valence electrons. The Morgan fingerprint density at radius 1 is 1.21 bits per heavy atom. The molecule has 3 aromatic rings. The van der Waals surface area contributed by atoms with Gasteiger partial charge in [-0.3, -0.25) is 9.58 Å². The van der Waals surface area contributed by atoms with Gasteiger partial charge >= 0.3 is 0 Å². The van der Waals surface area contributed by atoms with E-state index in [9.17, 15) is 0 Å². The van der Waals surface area contributed by atoms with Crippen LogP contribution in [-0.2, 0) is 7.05 Å². The molecule has 0 spiro atoms. The van der Waals surface area contributed by atoms with Crippen LogP contribution in [0.5, 0.6) is 0 Å². The smallest absolute Gasteiger partial charge is 0.175 e.